The molecule has 1 aliphatic heterocycles. The monoisotopic (exact) mass is 234 g/mol. The summed E-state index contributed by atoms with van der Waals surface area (Å²) in [7, 11) is 1.46. The van der Waals surface area contributed by atoms with Crippen LogP contribution >= 0.6 is 0 Å². The van der Waals surface area contributed by atoms with Gasteiger partial charge in [0.25, 0.3) is 0 Å². The van der Waals surface area contributed by atoms with Gasteiger partial charge in [-0.25, -0.2) is 4.79 Å². The Bertz CT molecular complexity index is 446. The molecule has 0 bridgehead atoms. The van der Waals surface area contributed by atoms with Gasteiger partial charge >= 0.3 is 6.03 Å². The van der Waals surface area contributed by atoms with Crippen LogP contribution in [0.3, 0.4) is 0 Å². The van der Waals surface area contributed by atoms with Crippen molar-refractivity contribution in [3.05, 3.63) is 35.9 Å². The van der Waals surface area contributed by atoms with Crippen molar-refractivity contribution in [1.82, 2.24) is 10.6 Å². The molecule has 90 valence electrons. The maximum Gasteiger partial charge on any atom is 0.323 e. The summed E-state index contributed by atoms with van der Waals surface area (Å²) in [6, 6.07) is 8.70. The molecule has 1 aliphatic rings. The number of hydrogen-bond acceptors (Lipinski definition) is 3. The van der Waals surface area contributed by atoms with E-state index in [1.54, 1.807) is 6.92 Å². The minimum Gasteiger partial charge on any atom is -0.360 e. The molecular formula is C12H14N2O3. The van der Waals surface area contributed by atoms with E-state index in [1.807, 2.05) is 30.3 Å². The molecule has 0 aliphatic carbocycles. The highest BCUT2D eigenvalue weighted by molar-refractivity contribution is 6.03. The predicted molar refractivity (Wildman–Crippen MR) is 61.3 cm³/mol. The molecule has 5 nitrogen and oxygen atoms in total. The van der Waals surface area contributed by atoms with E-state index < -0.39 is 17.7 Å². The van der Waals surface area contributed by atoms with Crippen LogP contribution in [0.15, 0.2) is 30.3 Å². The number of rotatable bonds is 2. The van der Waals surface area contributed by atoms with Gasteiger partial charge in [-0.1, -0.05) is 30.3 Å². The lowest BCUT2D eigenvalue weighted by Gasteiger charge is -2.39. The van der Waals surface area contributed by atoms with Gasteiger partial charge in [0, 0.05) is 7.11 Å². The fourth-order valence-corrected chi connectivity index (χ4v) is 2.01. The molecule has 2 N–H and O–H groups in total. The topological polar surface area (TPSA) is 67.4 Å². The number of urea groups is 1. The van der Waals surface area contributed by atoms with Crippen LogP contribution in [0.4, 0.5) is 4.79 Å². The van der Waals surface area contributed by atoms with Crippen molar-refractivity contribution in [1.29, 1.82) is 0 Å². The number of benzene rings is 1. The van der Waals surface area contributed by atoms with Crippen molar-refractivity contribution >= 4 is 11.9 Å². The van der Waals surface area contributed by atoms with Gasteiger partial charge in [0.15, 0.2) is 0 Å². The van der Waals surface area contributed by atoms with Crippen LogP contribution in [-0.2, 0) is 14.9 Å². The zero-order valence-corrected chi connectivity index (χ0v) is 9.69. The standard InChI is InChI=1S/C12H14N2O3/c1-12(8-6-4-3-5-7-8)9(15)13-11(16)14-10(12)17-2/h3-7,10H,1-2H3,(H2,13,14,15,16). The van der Waals surface area contributed by atoms with E-state index in [1.165, 1.54) is 7.11 Å². The first-order chi connectivity index (χ1) is 8.09. The molecular weight excluding hydrogens is 220 g/mol. The van der Waals surface area contributed by atoms with Crippen molar-refractivity contribution in [2.45, 2.75) is 18.6 Å². The molecule has 0 saturated carbocycles. The van der Waals surface area contributed by atoms with E-state index in [0.717, 1.165) is 5.56 Å². The van der Waals surface area contributed by atoms with Gasteiger partial charge < -0.3 is 10.1 Å². The van der Waals surface area contributed by atoms with Crippen LogP contribution in [-0.4, -0.2) is 25.3 Å². The molecule has 1 saturated heterocycles. The van der Waals surface area contributed by atoms with Crippen LogP contribution in [0.2, 0.25) is 0 Å². The molecule has 2 rings (SSSR count). The fraction of sp³-hybridized carbons (Fsp3) is 0.333. The third-order valence-corrected chi connectivity index (χ3v) is 3.09. The third kappa shape index (κ3) is 1.78. The zero-order valence-electron chi connectivity index (χ0n) is 9.69. The first-order valence-electron chi connectivity index (χ1n) is 5.29. The van der Waals surface area contributed by atoms with E-state index in [-0.39, 0.29) is 5.91 Å². The minimum absolute atomic E-state index is 0.362. The number of imide groups is 1. The Labute approximate surface area is 99.2 Å². The van der Waals surface area contributed by atoms with Crippen molar-refractivity contribution in [2.24, 2.45) is 0 Å². The molecule has 5 heteroatoms. The average Bonchev–Trinajstić information content (AvgIpc) is 2.34. The quantitative estimate of drug-likeness (QED) is 0.793. The van der Waals surface area contributed by atoms with E-state index in [9.17, 15) is 9.59 Å². The summed E-state index contributed by atoms with van der Waals surface area (Å²) in [4.78, 5) is 23.3. The van der Waals surface area contributed by atoms with Gasteiger partial charge in [0.2, 0.25) is 5.91 Å². The van der Waals surface area contributed by atoms with Gasteiger partial charge in [0.05, 0.1) is 0 Å². The number of methoxy groups -OCH3 is 1. The number of carbonyl (C=O) groups is 2. The summed E-state index contributed by atoms with van der Waals surface area (Å²) in [6.07, 6.45) is -0.675. The Kier molecular flexibility index (Phi) is 2.85. The van der Waals surface area contributed by atoms with E-state index in [0.29, 0.717) is 0 Å². The Hall–Kier alpha value is -1.88. The molecule has 0 spiro atoms. The first kappa shape index (κ1) is 11.6. The number of nitrogens with one attached hydrogen (secondary N) is 2. The van der Waals surface area contributed by atoms with E-state index in [4.69, 9.17) is 4.74 Å². The second-order valence-electron chi connectivity index (χ2n) is 4.11. The van der Waals surface area contributed by atoms with Gasteiger partial charge in [-0.2, -0.15) is 0 Å². The summed E-state index contributed by atoms with van der Waals surface area (Å²) in [5.41, 5.74) is -0.131. The second kappa shape index (κ2) is 4.18. The fourth-order valence-electron chi connectivity index (χ4n) is 2.01. The molecule has 1 heterocycles. The predicted octanol–water partition coefficient (Wildman–Crippen LogP) is 0.756. The van der Waals surface area contributed by atoms with Crippen LogP contribution in [0.1, 0.15) is 12.5 Å². The Balaban J connectivity index is 2.45. The van der Waals surface area contributed by atoms with Crippen LogP contribution < -0.4 is 10.6 Å². The van der Waals surface area contributed by atoms with Gasteiger partial charge in [0.1, 0.15) is 11.6 Å². The molecule has 1 fully saturated rings. The number of hydrogen-bond donors (Lipinski definition) is 2. The van der Waals surface area contributed by atoms with Gasteiger partial charge in [-0.05, 0) is 12.5 Å². The van der Waals surface area contributed by atoms with Crippen LogP contribution in [0.5, 0.6) is 0 Å². The lowest BCUT2D eigenvalue weighted by molar-refractivity contribution is -0.133. The summed E-state index contributed by atoms with van der Waals surface area (Å²) in [6.45, 7) is 1.74. The zero-order chi connectivity index (χ0) is 12.5. The molecule has 3 amide bonds. The molecule has 17 heavy (non-hydrogen) atoms. The van der Waals surface area contributed by atoms with Crippen LogP contribution in [0.25, 0.3) is 0 Å². The summed E-state index contributed by atoms with van der Waals surface area (Å²) in [5, 5.41) is 4.86. The lowest BCUT2D eigenvalue weighted by atomic mass is 9.78. The molecule has 2 atom stereocenters. The third-order valence-electron chi connectivity index (χ3n) is 3.09. The molecule has 1 aromatic rings. The van der Waals surface area contributed by atoms with Crippen molar-refractivity contribution in [3.63, 3.8) is 0 Å². The van der Waals surface area contributed by atoms with Gasteiger partial charge in [-0.3, -0.25) is 10.1 Å². The Morgan fingerprint density at radius 3 is 2.47 bits per heavy atom. The van der Waals surface area contributed by atoms with E-state index >= 15 is 0 Å². The van der Waals surface area contributed by atoms with Gasteiger partial charge in [-0.15, -0.1) is 0 Å². The SMILES string of the molecule is COC1NC(=O)NC(=O)C1(C)c1ccccc1. The first-order valence-corrected chi connectivity index (χ1v) is 5.29. The average molecular weight is 234 g/mol. The Morgan fingerprint density at radius 1 is 1.24 bits per heavy atom. The number of ether oxygens (including phenoxy) is 1. The second-order valence-corrected chi connectivity index (χ2v) is 4.11. The molecule has 0 aromatic heterocycles. The summed E-state index contributed by atoms with van der Waals surface area (Å²) >= 11 is 0. The molecule has 0 radical (unpaired) electrons. The van der Waals surface area contributed by atoms with Crippen LogP contribution in [0, 0.1) is 0 Å². The largest absolute Gasteiger partial charge is 0.360 e. The number of amides is 3. The summed E-state index contributed by atoms with van der Waals surface area (Å²) < 4.78 is 5.21. The molecule has 1 aromatic carbocycles. The minimum atomic E-state index is -0.927. The highest BCUT2D eigenvalue weighted by Gasteiger charge is 2.48. The van der Waals surface area contributed by atoms with Crippen molar-refractivity contribution in [2.75, 3.05) is 7.11 Å². The summed E-state index contributed by atoms with van der Waals surface area (Å²) in [5.74, 6) is -0.362. The normalized spacial score (nSPS) is 28.5. The maximum atomic E-state index is 12.0. The highest BCUT2D eigenvalue weighted by Crippen LogP contribution is 2.30. The Morgan fingerprint density at radius 2 is 1.88 bits per heavy atom. The highest BCUT2D eigenvalue weighted by atomic mass is 16.5. The van der Waals surface area contributed by atoms with E-state index in [2.05, 4.69) is 10.6 Å². The maximum absolute atomic E-state index is 12.0. The van der Waals surface area contributed by atoms with Crippen molar-refractivity contribution in [3.8, 4) is 0 Å². The molecule has 2 unspecified atom stereocenters. The van der Waals surface area contributed by atoms with Crippen molar-refractivity contribution < 1.29 is 14.3 Å². The lowest BCUT2D eigenvalue weighted by Crippen LogP contribution is -2.66. The number of carbonyl (C=O) groups excluding carboxylic acids is 2. The smallest absolute Gasteiger partial charge is 0.323 e.